The summed E-state index contributed by atoms with van der Waals surface area (Å²) in [5.41, 5.74) is 1.59. The standard InChI is InChI=1S/C14H14ClNO3/c1-2-12-16-14(9-3-5-10(15)6-4-9)11(19-12)7-8-13(17)18/h3-6H,2,7-8H2,1H3,(H,17,18). The molecule has 100 valence electrons. The fraction of sp³-hybridized carbons (Fsp3) is 0.286. The maximum Gasteiger partial charge on any atom is 0.303 e. The van der Waals surface area contributed by atoms with E-state index in [1.165, 1.54) is 0 Å². The number of benzene rings is 1. The number of hydrogen-bond acceptors (Lipinski definition) is 3. The van der Waals surface area contributed by atoms with Crippen LogP contribution in [0.4, 0.5) is 0 Å². The van der Waals surface area contributed by atoms with E-state index in [1.807, 2.05) is 19.1 Å². The zero-order valence-electron chi connectivity index (χ0n) is 10.5. The number of halogens is 1. The highest BCUT2D eigenvalue weighted by Gasteiger charge is 2.15. The van der Waals surface area contributed by atoms with Crippen molar-refractivity contribution in [3.05, 3.63) is 40.9 Å². The summed E-state index contributed by atoms with van der Waals surface area (Å²) in [6.07, 6.45) is 1.03. The molecule has 0 spiro atoms. The van der Waals surface area contributed by atoms with Gasteiger partial charge >= 0.3 is 5.97 Å². The van der Waals surface area contributed by atoms with Crippen LogP contribution in [0.1, 0.15) is 25.0 Å². The molecule has 0 saturated heterocycles. The highest BCUT2D eigenvalue weighted by molar-refractivity contribution is 6.30. The van der Waals surface area contributed by atoms with Gasteiger partial charge in [0.2, 0.25) is 0 Å². The molecule has 0 saturated carbocycles. The number of aryl methyl sites for hydroxylation is 2. The van der Waals surface area contributed by atoms with Gasteiger partial charge in [-0.3, -0.25) is 4.79 Å². The number of hydrogen-bond donors (Lipinski definition) is 1. The first-order valence-electron chi connectivity index (χ1n) is 6.06. The zero-order chi connectivity index (χ0) is 13.8. The Labute approximate surface area is 116 Å². The lowest BCUT2D eigenvalue weighted by Crippen LogP contribution is -1.97. The molecule has 0 amide bonds. The van der Waals surface area contributed by atoms with E-state index >= 15 is 0 Å². The van der Waals surface area contributed by atoms with Crippen molar-refractivity contribution >= 4 is 17.6 Å². The van der Waals surface area contributed by atoms with Crippen LogP contribution in [0.3, 0.4) is 0 Å². The Kier molecular flexibility index (Phi) is 4.22. The second-order valence-electron chi connectivity index (χ2n) is 4.13. The van der Waals surface area contributed by atoms with Crippen LogP contribution in [-0.4, -0.2) is 16.1 Å². The minimum absolute atomic E-state index is 0.0267. The van der Waals surface area contributed by atoms with E-state index in [0.717, 1.165) is 5.56 Å². The summed E-state index contributed by atoms with van der Waals surface area (Å²) in [5, 5.41) is 9.41. The third-order valence-electron chi connectivity index (χ3n) is 2.73. The average molecular weight is 280 g/mol. The summed E-state index contributed by atoms with van der Waals surface area (Å²) in [6.45, 7) is 1.94. The molecule has 0 aliphatic rings. The highest BCUT2D eigenvalue weighted by Crippen LogP contribution is 2.26. The quantitative estimate of drug-likeness (QED) is 0.909. The van der Waals surface area contributed by atoms with Crippen LogP contribution in [0.5, 0.6) is 0 Å². The van der Waals surface area contributed by atoms with Crippen molar-refractivity contribution in [3.8, 4) is 11.3 Å². The lowest BCUT2D eigenvalue weighted by atomic mass is 10.1. The summed E-state index contributed by atoms with van der Waals surface area (Å²) in [7, 11) is 0. The van der Waals surface area contributed by atoms with Crippen molar-refractivity contribution < 1.29 is 14.3 Å². The summed E-state index contributed by atoms with van der Waals surface area (Å²) in [6, 6.07) is 7.25. The molecule has 19 heavy (non-hydrogen) atoms. The van der Waals surface area contributed by atoms with Crippen molar-refractivity contribution in [2.24, 2.45) is 0 Å². The van der Waals surface area contributed by atoms with E-state index in [2.05, 4.69) is 4.98 Å². The Morgan fingerprint density at radius 1 is 1.37 bits per heavy atom. The Morgan fingerprint density at radius 3 is 2.63 bits per heavy atom. The van der Waals surface area contributed by atoms with Crippen molar-refractivity contribution in [2.45, 2.75) is 26.2 Å². The minimum atomic E-state index is -0.850. The lowest BCUT2D eigenvalue weighted by molar-refractivity contribution is -0.137. The summed E-state index contributed by atoms with van der Waals surface area (Å²) in [5.74, 6) is 0.378. The van der Waals surface area contributed by atoms with E-state index < -0.39 is 5.97 Å². The van der Waals surface area contributed by atoms with Gasteiger partial charge in [0, 0.05) is 23.4 Å². The van der Waals surface area contributed by atoms with Gasteiger partial charge in [0.1, 0.15) is 11.5 Å². The van der Waals surface area contributed by atoms with Crippen molar-refractivity contribution in [1.82, 2.24) is 4.98 Å². The fourth-order valence-corrected chi connectivity index (χ4v) is 1.90. The smallest absolute Gasteiger partial charge is 0.303 e. The zero-order valence-corrected chi connectivity index (χ0v) is 11.3. The molecule has 1 N–H and O–H groups in total. The first-order valence-corrected chi connectivity index (χ1v) is 6.44. The van der Waals surface area contributed by atoms with Gasteiger partial charge in [-0.2, -0.15) is 0 Å². The van der Waals surface area contributed by atoms with Gasteiger partial charge in [0.05, 0.1) is 6.42 Å². The third kappa shape index (κ3) is 3.35. The molecule has 1 aromatic heterocycles. The summed E-state index contributed by atoms with van der Waals surface area (Å²) >= 11 is 5.85. The molecule has 0 bridgehead atoms. The monoisotopic (exact) mass is 279 g/mol. The van der Waals surface area contributed by atoms with Gasteiger partial charge in [-0.05, 0) is 12.1 Å². The van der Waals surface area contributed by atoms with Crippen molar-refractivity contribution in [2.75, 3.05) is 0 Å². The van der Waals surface area contributed by atoms with Crippen LogP contribution < -0.4 is 0 Å². The molecular formula is C14H14ClNO3. The van der Waals surface area contributed by atoms with Crippen LogP contribution >= 0.6 is 11.6 Å². The topological polar surface area (TPSA) is 63.3 Å². The number of nitrogens with zero attached hydrogens (tertiary/aromatic N) is 1. The first kappa shape index (κ1) is 13.6. The molecule has 0 fully saturated rings. The summed E-state index contributed by atoms with van der Waals surface area (Å²) in [4.78, 5) is 15.1. The van der Waals surface area contributed by atoms with Crippen LogP contribution in [-0.2, 0) is 17.6 Å². The van der Waals surface area contributed by atoms with Gasteiger partial charge in [0.15, 0.2) is 5.89 Å². The molecule has 0 aliphatic carbocycles. The predicted molar refractivity (Wildman–Crippen MR) is 72.3 cm³/mol. The van der Waals surface area contributed by atoms with Crippen LogP contribution in [0.15, 0.2) is 28.7 Å². The molecule has 1 heterocycles. The van der Waals surface area contributed by atoms with Gasteiger partial charge in [-0.15, -0.1) is 0 Å². The Morgan fingerprint density at radius 2 is 2.05 bits per heavy atom. The predicted octanol–water partition coefficient (Wildman–Crippen LogP) is 3.57. The number of aliphatic carboxylic acids is 1. The van der Waals surface area contributed by atoms with Gasteiger partial charge in [-0.1, -0.05) is 30.7 Å². The molecule has 0 radical (unpaired) electrons. The first-order chi connectivity index (χ1) is 9.10. The molecular weight excluding hydrogens is 266 g/mol. The van der Waals surface area contributed by atoms with Gasteiger partial charge in [-0.25, -0.2) is 4.98 Å². The Bertz CT molecular complexity index is 575. The maximum absolute atomic E-state index is 10.7. The molecule has 4 nitrogen and oxygen atoms in total. The van der Waals surface area contributed by atoms with Crippen LogP contribution in [0.2, 0.25) is 5.02 Å². The molecule has 2 rings (SSSR count). The van der Waals surface area contributed by atoms with Crippen LogP contribution in [0.25, 0.3) is 11.3 Å². The average Bonchev–Trinajstić information content (AvgIpc) is 2.80. The molecule has 5 heteroatoms. The molecule has 0 unspecified atom stereocenters. The SMILES string of the molecule is CCc1nc(-c2ccc(Cl)cc2)c(CCC(=O)O)o1. The van der Waals surface area contributed by atoms with E-state index in [1.54, 1.807) is 12.1 Å². The van der Waals surface area contributed by atoms with E-state index in [9.17, 15) is 4.79 Å². The van der Waals surface area contributed by atoms with Crippen LogP contribution in [0, 0.1) is 0 Å². The number of aromatic nitrogens is 1. The Balaban J connectivity index is 2.34. The van der Waals surface area contributed by atoms with Gasteiger partial charge < -0.3 is 9.52 Å². The lowest BCUT2D eigenvalue weighted by Gasteiger charge is -2.00. The number of carboxylic acids is 1. The number of carboxylic acid groups (broad SMARTS) is 1. The van der Waals surface area contributed by atoms with E-state index in [4.69, 9.17) is 21.1 Å². The molecule has 2 aromatic rings. The van der Waals surface area contributed by atoms with Crippen molar-refractivity contribution in [3.63, 3.8) is 0 Å². The number of oxazole rings is 1. The fourth-order valence-electron chi connectivity index (χ4n) is 1.77. The van der Waals surface area contributed by atoms with Gasteiger partial charge in [0.25, 0.3) is 0 Å². The second-order valence-corrected chi connectivity index (χ2v) is 4.57. The van der Waals surface area contributed by atoms with E-state index in [-0.39, 0.29) is 6.42 Å². The number of rotatable bonds is 5. The molecule has 1 aromatic carbocycles. The largest absolute Gasteiger partial charge is 0.481 e. The van der Waals surface area contributed by atoms with Crippen molar-refractivity contribution in [1.29, 1.82) is 0 Å². The minimum Gasteiger partial charge on any atom is -0.481 e. The summed E-state index contributed by atoms with van der Waals surface area (Å²) < 4.78 is 5.59. The normalized spacial score (nSPS) is 10.6. The molecule has 0 aliphatic heterocycles. The second kappa shape index (κ2) is 5.89. The highest BCUT2D eigenvalue weighted by atomic mass is 35.5. The molecule has 0 atom stereocenters. The Hall–Kier alpha value is -1.81. The number of carbonyl (C=O) groups is 1. The van der Waals surface area contributed by atoms with E-state index in [0.29, 0.717) is 35.2 Å². The maximum atomic E-state index is 10.7. The third-order valence-corrected chi connectivity index (χ3v) is 2.98.